The lowest BCUT2D eigenvalue weighted by Gasteiger charge is -2.26. The second kappa shape index (κ2) is 4.19. The molecule has 1 saturated carbocycles. The second-order valence-corrected chi connectivity index (χ2v) is 5.96. The first-order chi connectivity index (χ1) is 9.33. The first kappa shape index (κ1) is 11.2. The van der Waals surface area contributed by atoms with Gasteiger partial charge < -0.3 is 0 Å². The fourth-order valence-corrected chi connectivity index (χ4v) is 3.88. The summed E-state index contributed by atoms with van der Waals surface area (Å²) in [4.78, 5) is 12.4. The molecule has 0 aromatic carbocycles. The lowest BCUT2D eigenvalue weighted by atomic mass is 9.78. The molecule has 1 fully saturated rings. The van der Waals surface area contributed by atoms with Gasteiger partial charge in [0.15, 0.2) is 0 Å². The lowest BCUT2D eigenvalue weighted by Crippen LogP contribution is -2.31. The Bertz CT molecular complexity index is 680. The van der Waals surface area contributed by atoms with E-state index in [1.807, 2.05) is 6.20 Å². The summed E-state index contributed by atoms with van der Waals surface area (Å²) in [7, 11) is 0. The maximum absolute atomic E-state index is 12.4. The first-order valence-corrected chi connectivity index (χ1v) is 7.31. The maximum Gasteiger partial charge on any atom is 0.144 e. The Labute approximate surface area is 112 Å². The summed E-state index contributed by atoms with van der Waals surface area (Å²) in [5, 5.41) is 9.23. The number of H-pyrrole nitrogens is 1. The number of aromatic amines is 1. The van der Waals surface area contributed by atoms with Crippen LogP contribution in [0.15, 0.2) is 17.3 Å². The number of hydrogen-bond acceptors (Lipinski definition) is 2. The van der Waals surface area contributed by atoms with Gasteiger partial charge in [0.05, 0.1) is 17.5 Å². The molecule has 0 radical (unpaired) electrons. The molecule has 0 bridgehead atoms. The largest absolute Gasteiger partial charge is 0.299 e. The molecule has 3 nitrogen and oxygen atoms in total. The van der Waals surface area contributed by atoms with Crippen molar-refractivity contribution in [2.45, 2.75) is 38.5 Å². The predicted octanol–water partition coefficient (Wildman–Crippen LogP) is 1.45. The van der Waals surface area contributed by atoms with Crippen LogP contribution in [-0.4, -0.2) is 16.0 Å². The van der Waals surface area contributed by atoms with Crippen LogP contribution in [0.25, 0.3) is 12.2 Å². The van der Waals surface area contributed by atoms with Crippen molar-refractivity contribution >= 4 is 17.9 Å². The van der Waals surface area contributed by atoms with E-state index in [-0.39, 0.29) is 5.92 Å². The molecule has 2 unspecified atom stereocenters. The van der Waals surface area contributed by atoms with E-state index in [0.29, 0.717) is 11.7 Å². The minimum atomic E-state index is -0.0222. The van der Waals surface area contributed by atoms with Crippen molar-refractivity contribution in [2.75, 3.05) is 0 Å². The average molecular weight is 254 g/mol. The first-order valence-electron chi connectivity index (χ1n) is 7.31. The third-order valence-electron chi connectivity index (χ3n) is 4.88. The monoisotopic (exact) mass is 254 g/mol. The molecule has 0 aliphatic heterocycles. The van der Waals surface area contributed by atoms with Gasteiger partial charge in [0.1, 0.15) is 5.78 Å². The molecule has 1 aromatic rings. The molecule has 19 heavy (non-hydrogen) atoms. The summed E-state index contributed by atoms with van der Waals surface area (Å²) in [6.45, 7) is 0. The lowest BCUT2D eigenvalue weighted by molar-refractivity contribution is -0.120. The van der Waals surface area contributed by atoms with Crippen molar-refractivity contribution in [3.05, 3.63) is 27.9 Å². The Balaban J connectivity index is 1.95. The number of carbonyl (C=O) groups is 1. The van der Waals surface area contributed by atoms with Crippen molar-refractivity contribution in [2.24, 2.45) is 11.8 Å². The molecule has 4 rings (SSSR count). The van der Waals surface area contributed by atoms with Crippen LogP contribution in [-0.2, 0) is 4.79 Å². The number of ketones is 1. The Hall–Kier alpha value is -1.64. The summed E-state index contributed by atoms with van der Waals surface area (Å²) in [6.07, 6.45) is 13.0. The van der Waals surface area contributed by atoms with E-state index in [4.69, 9.17) is 0 Å². The number of allylic oxidation sites excluding steroid dienone is 2. The minimum Gasteiger partial charge on any atom is -0.299 e. The maximum atomic E-state index is 12.4. The van der Waals surface area contributed by atoms with Crippen LogP contribution < -0.4 is 10.6 Å². The van der Waals surface area contributed by atoms with Gasteiger partial charge in [-0.2, -0.15) is 5.10 Å². The van der Waals surface area contributed by atoms with Gasteiger partial charge >= 0.3 is 0 Å². The van der Waals surface area contributed by atoms with Crippen molar-refractivity contribution < 1.29 is 4.79 Å². The third kappa shape index (κ3) is 1.71. The van der Waals surface area contributed by atoms with Crippen molar-refractivity contribution in [3.8, 4) is 0 Å². The highest BCUT2D eigenvalue weighted by molar-refractivity contribution is 5.93. The number of nitrogens with one attached hydrogen (secondary N) is 1. The van der Waals surface area contributed by atoms with Gasteiger partial charge in [0, 0.05) is 11.6 Å². The van der Waals surface area contributed by atoms with Gasteiger partial charge in [-0.05, 0) is 49.3 Å². The standard InChI is InChI=1S/C16H18N2O/c19-16-6-5-10-3-1-2-4-12(10)13-7-11-9-17-18-15(11)8-14(13)16/h7-10,14,18H,1-6H2. The smallest absolute Gasteiger partial charge is 0.144 e. The van der Waals surface area contributed by atoms with E-state index in [1.54, 1.807) is 5.57 Å². The molecule has 3 aliphatic carbocycles. The molecule has 0 spiro atoms. The van der Waals surface area contributed by atoms with Gasteiger partial charge in [-0.15, -0.1) is 0 Å². The number of rotatable bonds is 0. The van der Waals surface area contributed by atoms with Crippen molar-refractivity contribution in [3.63, 3.8) is 0 Å². The quantitative estimate of drug-likeness (QED) is 0.761. The van der Waals surface area contributed by atoms with E-state index >= 15 is 0 Å². The van der Waals surface area contributed by atoms with Gasteiger partial charge in [0.25, 0.3) is 0 Å². The summed E-state index contributed by atoms with van der Waals surface area (Å²) >= 11 is 0. The topological polar surface area (TPSA) is 45.8 Å². The van der Waals surface area contributed by atoms with Crippen molar-refractivity contribution in [1.82, 2.24) is 10.2 Å². The number of aromatic nitrogens is 2. The average Bonchev–Trinajstić information content (AvgIpc) is 2.85. The molecule has 3 heteroatoms. The van der Waals surface area contributed by atoms with Crippen LogP contribution in [0.3, 0.4) is 0 Å². The van der Waals surface area contributed by atoms with Crippen LogP contribution in [0, 0.1) is 11.8 Å². The third-order valence-corrected chi connectivity index (χ3v) is 4.88. The van der Waals surface area contributed by atoms with E-state index < -0.39 is 0 Å². The number of nitrogens with zero attached hydrogens (tertiary/aromatic N) is 1. The Morgan fingerprint density at radius 2 is 2.16 bits per heavy atom. The van der Waals surface area contributed by atoms with Crippen molar-refractivity contribution in [1.29, 1.82) is 0 Å². The molecule has 1 heterocycles. The molecule has 1 aromatic heterocycles. The minimum absolute atomic E-state index is 0.0222. The number of hydrogen-bond donors (Lipinski definition) is 1. The Morgan fingerprint density at radius 3 is 3.11 bits per heavy atom. The Kier molecular flexibility index (Phi) is 2.47. The Morgan fingerprint density at radius 1 is 1.21 bits per heavy atom. The zero-order valence-electron chi connectivity index (χ0n) is 11.0. The number of Topliss-reactive ketones (excluding diaryl/α,β-unsaturated/α-hetero) is 1. The molecule has 98 valence electrons. The number of carbonyl (C=O) groups excluding carboxylic acids is 1. The van der Waals surface area contributed by atoms with E-state index in [9.17, 15) is 4.79 Å². The van der Waals surface area contributed by atoms with E-state index in [0.717, 1.165) is 23.4 Å². The summed E-state index contributed by atoms with van der Waals surface area (Å²) < 4.78 is 0. The fourth-order valence-electron chi connectivity index (χ4n) is 3.88. The molecular formula is C16H18N2O. The SMILES string of the molecule is O=C1CCC2CCCCC2=C2C=c3cn[nH]c3=CC12. The summed E-state index contributed by atoms with van der Waals surface area (Å²) in [5.74, 6) is 1.01. The predicted molar refractivity (Wildman–Crippen MR) is 73.5 cm³/mol. The fraction of sp³-hybridized carbons (Fsp3) is 0.500. The second-order valence-electron chi connectivity index (χ2n) is 5.96. The zero-order chi connectivity index (χ0) is 12.8. The zero-order valence-corrected chi connectivity index (χ0v) is 11.0. The highest BCUT2D eigenvalue weighted by atomic mass is 16.1. The van der Waals surface area contributed by atoms with E-state index in [1.165, 1.54) is 31.3 Å². The molecular weight excluding hydrogens is 236 g/mol. The van der Waals surface area contributed by atoms with Crippen LogP contribution >= 0.6 is 0 Å². The normalized spacial score (nSPS) is 29.6. The van der Waals surface area contributed by atoms with Crippen LogP contribution in [0.4, 0.5) is 0 Å². The van der Waals surface area contributed by atoms with Crippen LogP contribution in [0.2, 0.25) is 0 Å². The highest BCUT2D eigenvalue weighted by Crippen LogP contribution is 2.41. The van der Waals surface area contributed by atoms with Gasteiger partial charge in [-0.3, -0.25) is 9.89 Å². The van der Waals surface area contributed by atoms with Gasteiger partial charge in [0.2, 0.25) is 0 Å². The molecule has 0 saturated heterocycles. The molecule has 3 aliphatic rings. The summed E-state index contributed by atoms with van der Waals surface area (Å²) in [6, 6.07) is 0. The highest BCUT2D eigenvalue weighted by Gasteiger charge is 2.32. The molecule has 1 N–H and O–H groups in total. The van der Waals surface area contributed by atoms with E-state index in [2.05, 4.69) is 22.3 Å². The summed E-state index contributed by atoms with van der Waals surface area (Å²) in [5.41, 5.74) is 2.85. The molecule has 0 amide bonds. The van der Waals surface area contributed by atoms with Crippen LogP contribution in [0.5, 0.6) is 0 Å². The van der Waals surface area contributed by atoms with Gasteiger partial charge in [-0.25, -0.2) is 0 Å². The van der Waals surface area contributed by atoms with Gasteiger partial charge in [-0.1, -0.05) is 12.0 Å². The number of fused-ring (bicyclic) bond motifs is 3. The molecule has 2 atom stereocenters. The van der Waals surface area contributed by atoms with Crippen LogP contribution in [0.1, 0.15) is 38.5 Å².